The highest BCUT2D eigenvalue weighted by Gasteiger charge is 2.09. The Labute approximate surface area is 94.2 Å². The Hall–Kier alpha value is -1.67. The van der Waals surface area contributed by atoms with Crippen molar-refractivity contribution in [2.24, 2.45) is 0 Å². The third kappa shape index (κ3) is 2.28. The second-order valence-electron chi connectivity index (χ2n) is 3.87. The molecule has 1 N–H and O–H groups in total. The van der Waals surface area contributed by atoms with Crippen LogP contribution in [-0.4, -0.2) is 5.11 Å². The van der Waals surface area contributed by atoms with Gasteiger partial charge in [0.05, 0.1) is 0 Å². The normalized spacial score (nSPS) is 12.4. The van der Waals surface area contributed by atoms with E-state index in [1.54, 1.807) is 12.1 Å². The van der Waals surface area contributed by atoms with Crippen LogP contribution in [0.4, 0.5) is 4.39 Å². The third-order valence-electron chi connectivity index (χ3n) is 2.54. The van der Waals surface area contributed by atoms with E-state index < -0.39 is 6.10 Å². The van der Waals surface area contributed by atoms with Crippen molar-refractivity contribution in [3.05, 3.63) is 71.0 Å². The Morgan fingerprint density at radius 1 is 1.00 bits per heavy atom. The van der Waals surface area contributed by atoms with Crippen molar-refractivity contribution in [3.63, 3.8) is 0 Å². The number of aliphatic hydroxyl groups excluding tert-OH is 1. The summed E-state index contributed by atoms with van der Waals surface area (Å²) in [4.78, 5) is 0. The largest absolute Gasteiger partial charge is 0.384 e. The maximum absolute atomic E-state index is 12.7. The minimum Gasteiger partial charge on any atom is -0.384 e. The highest BCUT2D eigenvalue weighted by atomic mass is 19.1. The van der Waals surface area contributed by atoms with Crippen LogP contribution in [0.15, 0.2) is 48.5 Å². The Kier molecular flexibility index (Phi) is 3.02. The van der Waals surface area contributed by atoms with Crippen LogP contribution in [0.5, 0.6) is 0 Å². The van der Waals surface area contributed by atoms with Crippen molar-refractivity contribution >= 4 is 0 Å². The topological polar surface area (TPSA) is 20.2 Å². The fourth-order valence-electron chi connectivity index (χ4n) is 1.68. The molecule has 0 aliphatic heterocycles. The summed E-state index contributed by atoms with van der Waals surface area (Å²) in [6, 6.07) is 13.6. The van der Waals surface area contributed by atoms with E-state index in [4.69, 9.17) is 0 Å². The summed E-state index contributed by atoms with van der Waals surface area (Å²) >= 11 is 0. The molecule has 0 fully saturated rings. The Bertz CT molecular complexity index is 476. The fourth-order valence-corrected chi connectivity index (χ4v) is 1.68. The molecule has 2 aromatic rings. The summed E-state index contributed by atoms with van der Waals surface area (Å²) in [6.07, 6.45) is -0.694. The van der Waals surface area contributed by atoms with Crippen LogP contribution in [0.3, 0.4) is 0 Å². The number of benzene rings is 2. The highest BCUT2D eigenvalue weighted by Crippen LogP contribution is 2.22. The minimum atomic E-state index is -0.694. The molecule has 0 aromatic heterocycles. The monoisotopic (exact) mass is 216 g/mol. The van der Waals surface area contributed by atoms with Crippen molar-refractivity contribution in [1.82, 2.24) is 0 Å². The zero-order valence-corrected chi connectivity index (χ0v) is 9.02. The first-order valence-corrected chi connectivity index (χ1v) is 5.17. The fraction of sp³-hybridized carbons (Fsp3) is 0.143. The molecule has 2 heteroatoms. The summed E-state index contributed by atoms with van der Waals surface area (Å²) in [5.41, 5.74) is 2.62. The van der Waals surface area contributed by atoms with Crippen LogP contribution in [0.25, 0.3) is 0 Å². The molecular formula is C14H13FO. The number of aryl methyl sites for hydroxylation is 1. The molecule has 1 atom stereocenters. The molecular weight excluding hydrogens is 203 g/mol. The Balaban J connectivity index is 2.31. The lowest BCUT2D eigenvalue weighted by atomic mass is 10.0. The predicted molar refractivity (Wildman–Crippen MR) is 61.6 cm³/mol. The molecule has 0 amide bonds. The van der Waals surface area contributed by atoms with Gasteiger partial charge < -0.3 is 5.11 Å². The Morgan fingerprint density at radius 3 is 2.31 bits per heavy atom. The van der Waals surface area contributed by atoms with Gasteiger partial charge in [0.1, 0.15) is 11.9 Å². The van der Waals surface area contributed by atoms with Gasteiger partial charge in [-0.05, 0) is 30.2 Å². The van der Waals surface area contributed by atoms with Gasteiger partial charge in [-0.25, -0.2) is 4.39 Å². The van der Waals surface area contributed by atoms with E-state index in [2.05, 4.69) is 0 Å². The van der Waals surface area contributed by atoms with Crippen LogP contribution >= 0.6 is 0 Å². The van der Waals surface area contributed by atoms with E-state index in [1.807, 2.05) is 31.2 Å². The molecule has 2 aromatic carbocycles. The van der Waals surface area contributed by atoms with E-state index in [0.717, 1.165) is 11.1 Å². The van der Waals surface area contributed by atoms with Gasteiger partial charge in [-0.3, -0.25) is 0 Å². The summed E-state index contributed by atoms with van der Waals surface area (Å²) in [7, 11) is 0. The van der Waals surface area contributed by atoms with Gasteiger partial charge in [-0.1, -0.05) is 42.0 Å². The van der Waals surface area contributed by atoms with Crippen molar-refractivity contribution in [2.75, 3.05) is 0 Å². The minimum absolute atomic E-state index is 0.291. The SMILES string of the molecule is Cc1cccc([C@H](O)c2ccc(F)cc2)c1. The molecule has 2 rings (SSSR count). The number of rotatable bonds is 2. The zero-order chi connectivity index (χ0) is 11.5. The standard InChI is InChI=1S/C14H13FO/c1-10-3-2-4-12(9-10)14(16)11-5-7-13(15)8-6-11/h2-9,14,16H,1H3/t14-/m1/s1. The summed E-state index contributed by atoms with van der Waals surface area (Å²) in [6.45, 7) is 1.97. The van der Waals surface area contributed by atoms with Gasteiger partial charge in [-0.15, -0.1) is 0 Å². The number of halogens is 1. The summed E-state index contributed by atoms with van der Waals surface area (Å²) in [5.74, 6) is -0.291. The molecule has 0 aliphatic carbocycles. The lowest BCUT2D eigenvalue weighted by Gasteiger charge is -2.11. The van der Waals surface area contributed by atoms with Crippen molar-refractivity contribution in [2.45, 2.75) is 13.0 Å². The first kappa shape index (κ1) is 10.8. The molecule has 0 saturated carbocycles. The van der Waals surface area contributed by atoms with Crippen molar-refractivity contribution < 1.29 is 9.50 Å². The van der Waals surface area contributed by atoms with Crippen molar-refractivity contribution in [3.8, 4) is 0 Å². The van der Waals surface area contributed by atoms with Crippen LogP contribution < -0.4 is 0 Å². The van der Waals surface area contributed by atoms with Crippen LogP contribution in [-0.2, 0) is 0 Å². The summed E-state index contributed by atoms with van der Waals surface area (Å²) < 4.78 is 12.7. The average molecular weight is 216 g/mol. The molecule has 0 bridgehead atoms. The second kappa shape index (κ2) is 4.45. The second-order valence-corrected chi connectivity index (χ2v) is 3.87. The number of hydrogen-bond donors (Lipinski definition) is 1. The molecule has 1 nitrogen and oxygen atoms in total. The molecule has 0 spiro atoms. The van der Waals surface area contributed by atoms with E-state index in [9.17, 15) is 9.50 Å². The lowest BCUT2D eigenvalue weighted by Crippen LogP contribution is -1.99. The zero-order valence-electron chi connectivity index (χ0n) is 9.02. The maximum Gasteiger partial charge on any atom is 0.123 e. The maximum atomic E-state index is 12.7. The molecule has 0 aliphatic rings. The number of aliphatic hydroxyl groups is 1. The first-order valence-electron chi connectivity index (χ1n) is 5.17. The molecule has 0 heterocycles. The molecule has 0 radical (unpaired) electrons. The summed E-state index contributed by atoms with van der Waals surface area (Å²) in [5, 5.41) is 10.1. The van der Waals surface area contributed by atoms with E-state index in [1.165, 1.54) is 12.1 Å². The molecule has 0 saturated heterocycles. The van der Waals surface area contributed by atoms with Gasteiger partial charge in [0, 0.05) is 0 Å². The average Bonchev–Trinajstić information content (AvgIpc) is 2.29. The van der Waals surface area contributed by atoms with Crippen molar-refractivity contribution in [1.29, 1.82) is 0 Å². The van der Waals surface area contributed by atoms with Crippen LogP contribution in [0.1, 0.15) is 22.8 Å². The van der Waals surface area contributed by atoms with E-state index in [-0.39, 0.29) is 5.82 Å². The molecule has 82 valence electrons. The van der Waals surface area contributed by atoms with Crippen LogP contribution in [0, 0.1) is 12.7 Å². The van der Waals surface area contributed by atoms with Gasteiger partial charge >= 0.3 is 0 Å². The van der Waals surface area contributed by atoms with E-state index >= 15 is 0 Å². The molecule has 16 heavy (non-hydrogen) atoms. The first-order chi connectivity index (χ1) is 7.66. The predicted octanol–water partition coefficient (Wildman–Crippen LogP) is 3.22. The third-order valence-corrected chi connectivity index (χ3v) is 2.54. The van der Waals surface area contributed by atoms with Gasteiger partial charge in [0.2, 0.25) is 0 Å². The van der Waals surface area contributed by atoms with E-state index in [0.29, 0.717) is 5.56 Å². The molecule has 0 unspecified atom stereocenters. The van der Waals surface area contributed by atoms with Crippen LogP contribution in [0.2, 0.25) is 0 Å². The van der Waals surface area contributed by atoms with Gasteiger partial charge in [0.15, 0.2) is 0 Å². The van der Waals surface area contributed by atoms with Gasteiger partial charge in [0.25, 0.3) is 0 Å². The quantitative estimate of drug-likeness (QED) is 0.817. The Morgan fingerprint density at radius 2 is 1.69 bits per heavy atom. The van der Waals surface area contributed by atoms with Gasteiger partial charge in [-0.2, -0.15) is 0 Å². The number of hydrogen-bond acceptors (Lipinski definition) is 1. The smallest absolute Gasteiger partial charge is 0.123 e. The lowest BCUT2D eigenvalue weighted by molar-refractivity contribution is 0.220. The highest BCUT2D eigenvalue weighted by molar-refractivity contribution is 5.32.